The summed E-state index contributed by atoms with van der Waals surface area (Å²) in [6, 6.07) is 14.7. The van der Waals surface area contributed by atoms with Gasteiger partial charge in [0.15, 0.2) is 0 Å². The molecule has 3 rings (SSSR count). The van der Waals surface area contributed by atoms with Gasteiger partial charge in [-0.1, -0.05) is 37.3 Å². The van der Waals surface area contributed by atoms with Gasteiger partial charge in [0.25, 0.3) is 11.5 Å². The fourth-order valence-corrected chi connectivity index (χ4v) is 2.91. The van der Waals surface area contributed by atoms with Crippen LogP contribution in [0, 0.1) is 0 Å². The molecule has 0 aliphatic carbocycles. The van der Waals surface area contributed by atoms with Crippen LogP contribution in [-0.2, 0) is 13.1 Å². The summed E-state index contributed by atoms with van der Waals surface area (Å²) in [5, 5.41) is 13.3. The Morgan fingerprint density at radius 2 is 1.92 bits per heavy atom. The maximum atomic E-state index is 12.8. The summed E-state index contributed by atoms with van der Waals surface area (Å²) >= 11 is 0. The minimum Gasteiger partial charge on any atom is -0.313 e. The zero-order valence-electron chi connectivity index (χ0n) is 14.5. The molecule has 0 aliphatic rings. The first-order valence-electron chi connectivity index (χ1n) is 8.48. The summed E-state index contributed by atoms with van der Waals surface area (Å²) < 4.78 is 1.62. The zero-order valence-corrected chi connectivity index (χ0v) is 14.5. The summed E-state index contributed by atoms with van der Waals surface area (Å²) in [5.41, 5.74) is 3.85. The van der Waals surface area contributed by atoms with E-state index in [0.29, 0.717) is 11.9 Å². The molecule has 3 aromatic rings. The number of carbonyl (C=O) groups is 1. The maximum Gasteiger partial charge on any atom is 0.274 e. The molecule has 6 nitrogen and oxygen atoms in total. The number of fused-ring (bicyclic) bond motifs is 1. The number of nitrogens with zero attached hydrogens (tertiary/aromatic N) is 1. The first-order chi connectivity index (χ1) is 12.6. The third-order valence-corrected chi connectivity index (χ3v) is 4.27. The van der Waals surface area contributed by atoms with Crippen molar-refractivity contribution in [1.82, 2.24) is 15.4 Å². The quantitative estimate of drug-likeness (QED) is 0.470. The number of hydrogen-bond acceptors (Lipinski definition) is 4. The minimum absolute atomic E-state index is 0.174. The molecule has 0 atom stereocenters. The highest BCUT2D eigenvalue weighted by atomic mass is 16.5. The second-order valence-corrected chi connectivity index (χ2v) is 6.09. The van der Waals surface area contributed by atoms with E-state index < -0.39 is 5.91 Å². The van der Waals surface area contributed by atoms with E-state index in [1.807, 2.05) is 18.2 Å². The summed E-state index contributed by atoms with van der Waals surface area (Å²) in [6.07, 6.45) is 1.76. The van der Waals surface area contributed by atoms with Crippen molar-refractivity contribution >= 4 is 16.7 Å². The number of pyridine rings is 1. The van der Waals surface area contributed by atoms with Crippen molar-refractivity contribution in [3.8, 4) is 0 Å². The van der Waals surface area contributed by atoms with Crippen LogP contribution in [0.3, 0.4) is 0 Å². The van der Waals surface area contributed by atoms with Gasteiger partial charge >= 0.3 is 0 Å². The highest BCUT2D eigenvalue weighted by Crippen LogP contribution is 2.13. The minimum atomic E-state index is -0.641. The molecule has 26 heavy (non-hydrogen) atoms. The lowest BCUT2D eigenvalue weighted by Gasteiger charge is -2.10. The summed E-state index contributed by atoms with van der Waals surface area (Å²) in [5.74, 6) is -0.641. The van der Waals surface area contributed by atoms with Gasteiger partial charge in [-0.3, -0.25) is 14.8 Å². The molecule has 6 heteroatoms. The van der Waals surface area contributed by atoms with E-state index in [4.69, 9.17) is 5.21 Å². The van der Waals surface area contributed by atoms with Crippen molar-refractivity contribution in [3.05, 3.63) is 81.8 Å². The Morgan fingerprint density at radius 1 is 1.12 bits per heavy atom. The van der Waals surface area contributed by atoms with Gasteiger partial charge in [-0.2, -0.15) is 0 Å². The molecular formula is C20H21N3O3. The van der Waals surface area contributed by atoms with Crippen molar-refractivity contribution in [2.75, 3.05) is 6.54 Å². The van der Waals surface area contributed by atoms with Crippen LogP contribution in [0.5, 0.6) is 0 Å². The molecule has 3 N–H and O–H groups in total. The average Bonchev–Trinajstić information content (AvgIpc) is 2.68. The Bertz CT molecular complexity index is 995. The van der Waals surface area contributed by atoms with Crippen molar-refractivity contribution < 1.29 is 10.0 Å². The molecule has 1 aromatic heterocycles. The van der Waals surface area contributed by atoms with Crippen LogP contribution in [-0.4, -0.2) is 22.2 Å². The molecule has 0 saturated carbocycles. The lowest BCUT2D eigenvalue weighted by Crippen LogP contribution is -2.22. The van der Waals surface area contributed by atoms with E-state index in [-0.39, 0.29) is 11.1 Å². The van der Waals surface area contributed by atoms with Gasteiger partial charge < -0.3 is 9.88 Å². The van der Waals surface area contributed by atoms with Crippen LogP contribution in [0.15, 0.2) is 59.5 Å². The Hall–Kier alpha value is -2.96. The third-order valence-electron chi connectivity index (χ3n) is 4.27. The lowest BCUT2D eigenvalue weighted by molar-refractivity contribution is 0.0706. The van der Waals surface area contributed by atoms with Gasteiger partial charge in [0.1, 0.15) is 0 Å². The Labute approximate surface area is 151 Å². The monoisotopic (exact) mass is 351 g/mol. The first kappa shape index (κ1) is 17.8. The molecule has 0 saturated heterocycles. The number of benzene rings is 2. The zero-order chi connectivity index (χ0) is 18.5. The molecule has 0 radical (unpaired) electrons. The SMILES string of the molecule is CCNCc1cccc(Cn2ccc3ccc(C(=O)NO)cc3c2=O)c1. The number of nitrogens with one attached hydrogen (secondary N) is 2. The second kappa shape index (κ2) is 7.95. The van der Waals surface area contributed by atoms with Crippen molar-refractivity contribution in [2.24, 2.45) is 0 Å². The van der Waals surface area contributed by atoms with Crippen LogP contribution >= 0.6 is 0 Å². The largest absolute Gasteiger partial charge is 0.313 e. The highest BCUT2D eigenvalue weighted by Gasteiger charge is 2.09. The number of aromatic nitrogens is 1. The molecule has 0 unspecified atom stereocenters. The van der Waals surface area contributed by atoms with Crippen LogP contribution < -0.4 is 16.4 Å². The number of rotatable bonds is 6. The predicted octanol–water partition coefficient (Wildman–Crippen LogP) is 2.28. The molecule has 2 aromatic carbocycles. The number of hydrogen-bond donors (Lipinski definition) is 3. The predicted molar refractivity (Wildman–Crippen MR) is 100 cm³/mol. The number of carbonyl (C=O) groups excluding carboxylic acids is 1. The van der Waals surface area contributed by atoms with E-state index in [0.717, 1.165) is 24.0 Å². The van der Waals surface area contributed by atoms with Crippen LogP contribution in [0.25, 0.3) is 10.8 Å². The summed E-state index contributed by atoms with van der Waals surface area (Å²) in [4.78, 5) is 24.4. The first-order valence-corrected chi connectivity index (χ1v) is 8.48. The van der Waals surface area contributed by atoms with Gasteiger partial charge in [0, 0.05) is 23.7 Å². The normalized spacial score (nSPS) is 10.8. The number of hydroxylamine groups is 1. The van der Waals surface area contributed by atoms with Crippen LogP contribution in [0.1, 0.15) is 28.4 Å². The summed E-state index contributed by atoms with van der Waals surface area (Å²) in [7, 11) is 0. The Kier molecular flexibility index (Phi) is 5.46. The van der Waals surface area contributed by atoms with E-state index in [9.17, 15) is 9.59 Å². The molecule has 0 fully saturated rings. The van der Waals surface area contributed by atoms with E-state index in [2.05, 4.69) is 24.4 Å². The van der Waals surface area contributed by atoms with E-state index in [1.54, 1.807) is 28.4 Å². The molecule has 0 spiro atoms. The highest BCUT2D eigenvalue weighted by molar-refractivity contribution is 5.97. The Morgan fingerprint density at radius 3 is 2.69 bits per heavy atom. The van der Waals surface area contributed by atoms with E-state index in [1.165, 1.54) is 11.6 Å². The van der Waals surface area contributed by atoms with Gasteiger partial charge in [-0.05, 0) is 41.3 Å². The van der Waals surface area contributed by atoms with Crippen molar-refractivity contribution in [1.29, 1.82) is 0 Å². The van der Waals surface area contributed by atoms with E-state index >= 15 is 0 Å². The fourth-order valence-electron chi connectivity index (χ4n) is 2.91. The Balaban J connectivity index is 1.94. The third kappa shape index (κ3) is 3.82. The van der Waals surface area contributed by atoms with Crippen molar-refractivity contribution in [2.45, 2.75) is 20.0 Å². The molecule has 0 aliphatic heterocycles. The van der Waals surface area contributed by atoms with Crippen molar-refractivity contribution in [3.63, 3.8) is 0 Å². The fraction of sp³-hybridized carbons (Fsp3) is 0.200. The molecule has 134 valence electrons. The standard InChI is InChI=1S/C20H21N3O3/c1-2-21-12-14-4-3-5-15(10-14)13-23-9-8-16-6-7-17(19(24)22-26)11-18(16)20(23)25/h3-11,21,26H,2,12-13H2,1H3,(H,22,24). The van der Waals surface area contributed by atoms with Gasteiger partial charge in [-0.15, -0.1) is 0 Å². The van der Waals surface area contributed by atoms with Gasteiger partial charge in [0.05, 0.1) is 6.54 Å². The smallest absolute Gasteiger partial charge is 0.274 e. The van der Waals surface area contributed by atoms with Gasteiger partial charge in [-0.25, -0.2) is 5.48 Å². The molecule has 0 bridgehead atoms. The van der Waals surface area contributed by atoms with Gasteiger partial charge in [0.2, 0.25) is 0 Å². The topological polar surface area (TPSA) is 83.4 Å². The average molecular weight is 351 g/mol. The number of amides is 1. The lowest BCUT2D eigenvalue weighted by atomic mass is 10.1. The van der Waals surface area contributed by atoms with Crippen LogP contribution in [0.2, 0.25) is 0 Å². The second-order valence-electron chi connectivity index (χ2n) is 6.09. The maximum absolute atomic E-state index is 12.8. The van der Waals surface area contributed by atoms with Crippen LogP contribution in [0.4, 0.5) is 0 Å². The summed E-state index contributed by atoms with van der Waals surface area (Å²) in [6.45, 7) is 4.20. The molecular weight excluding hydrogens is 330 g/mol. The molecule has 1 amide bonds. The molecule has 1 heterocycles.